The van der Waals surface area contributed by atoms with Crippen molar-refractivity contribution in [3.8, 4) is 11.8 Å². The van der Waals surface area contributed by atoms with Gasteiger partial charge in [-0.1, -0.05) is 24.0 Å². The molecule has 0 atom stereocenters. The fraction of sp³-hybridized carbons (Fsp3) is 0.111. The monoisotopic (exact) mass is 291 g/mol. The number of anilines is 1. The second-order valence-electron chi connectivity index (χ2n) is 4.95. The van der Waals surface area contributed by atoms with Crippen molar-refractivity contribution >= 4 is 17.5 Å². The minimum absolute atomic E-state index is 0.209. The summed E-state index contributed by atoms with van der Waals surface area (Å²) in [7, 11) is 0. The van der Waals surface area contributed by atoms with Gasteiger partial charge in [-0.2, -0.15) is 0 Å². The van der Waals surface area contributed by atoms with Gasteiger partial charge in [0.15, 0.2) is 0 Å². The van der Waals surface area contributed by atoms with Crippen LogP contribution >= 0.6 is 0 Å². The SMILES string of the molecule is Cc1cc(N2C(=O)c3ccccc3C2=O)ccc1C#CCO. The largest absolute Gasteiger partial charge is 0.384 e. The summed E-state index contributed by atoms with van der Waals surface area (Å²) in [6.07, 6.45) is 0. The van der Waals surface area contributed by atoms with Crippen molar-refractivity contribution in [3.63, 3.8) is 0 Å². The highest BCUT2D eigenvalue weighted by molar-refractivity contribution is 6.34. The van der Waals surface area contributed by atoms with E-state index in [1.807, 2.05) is 6.92 Å². The highest BCUT2D eigenvalue weighted by Gasteiger charge is 2.36. The Morgan fingerprint density at radius 1 is 1.05 bits per heavy atom. The summed E-state index contributed by atoms with van der Waals surface area (Å²) in [5, 5.41) is 8.74. The number of hydrogen-bond acceptors (Lipinski definition) is 3. The summed E-state index contributed by atoms with van der Waals surface area (Å²) >= 11 is 0. The molecule has 0 unspecified atom stereocenters. The Labute approximate surface area is 128 Å². The molecule has 4 nitrogen and oxygen atoms in total. The standard InChI is InChI=1S/C18H13NO3/c1-12-11-14(9-8-13(12)5-4-10-20)19-17(21)15-6-2-3-7-16(15)18(19)22/h2-3,6-9,11,20H,10H2,1H3. The minimum atomic E-state index is -0.311. The number of aryl methyl sites for hydroxylation is 1. The van der Waals surface area contributed by atoms with E-state index in [0.717, 1.165) is 11.1 Å². The number of aliphatic hydroxyl groups is 1. The van der Waals surface area contributed by atoms with Crippen LogP contribution in [0.5, 0.6) is 0 Å². The van der Waals surface area contributed by atoms with Gasteiger partial charge < -0.3 is 5.11 Å². The number of carbonyl (C=O) groups is 2. The maximum Gasteiger partial charge on any atom is 0.266 e. The van der Waals surface area contributed by atoms with E-state index in [0.29, 0.717) is 16.8 Å². The minimum Gasteiger partial charge on any atom is -0.384 e. The molecule has 0 radical (unpaired) electrons. The van der Waals surface area contributed by atoms with Gasteiger partial charge in [0, 0.05) is 5.56 Å². The molecule has 2 amide bonds. The fourth-order valence-corrected chi connectivity index (χ4v) is 2.49. The summed E-state index contributed by atoms with van der Waals surface area (Å²) < 4.78 is 0. The number of nitrogens with zero attached hydrogens (tertiary/aromatic N) is 1. The van der Waals surface area contributed by atoms with Gasteiger partial charge in [0.05, 0.1) is 16.8 Å². The Morgan fingerprint density at radius 3 is 2.23 bits per heavy atom. The van der Waals surface area contributed by atoms with Gasteiger partial charge in [-0.15, -0.1) is 0 Å². The number of amides is 2. The topological polar surface area (TPSA) is 57.6 Å². The summed E-state index contributed by atoms with van der Waals surface area (Å²) in [5.41, 5.74) is 2.98. The second kappa shape index (κ2) is 5.47. The molecule has 1 aliphatic heterocycles. The number of benzene rings is 2. The molecule has 0 spiro atoms. The number of aliphatic hydroxyl groups excluding tert-OH is 1. The van der Waals surface area contributed by atoms with Crippen molar-refractivity contribution in [3.05, 3.63) is 64.7 Å². The third-order valence-corrected chi connectivity index (χ3v) is 3.56. The zero-order valence-electron chi connectivity index (χ0n) is 12.0. The molecule has 4 heteroatoms. The molecule has 0 saturated carbocycles. The van der Waals surface area contributed by atoms with E-state index in [-0.39, 0.29) is 18.4 Å². The van der Waals surface area contributed by atoms with E-state index in [1.54, 1.807) is 42.5 Å². The molecule has 0 fully saturated rings. The predicted octanol–water partition coefficient (Wildman–Crippen LogP) is 2.14. The van der Waals surface area contributed by atoms with Crippen LogP contribution in [0.25, 0.3) is 0 Å². The molecule has 2 aromatic rings. The van der Waals surface area contributed by atoms with Crippen LogP contribution in [0.1, 0.15) is 31.8 Å². The quantitative estimate of drug-likeness (QED) is 0.647. The van der Waals surface area contributed by atoms with E-state index in [4.69, 9.17) is 5.11 Å². The Bertz CT molecular complexity index is 808. The molecular weight excluding hydrogens is 278 g/mol. The maximum atomic E-state index is 12.4. The lowest BCUT2D eigenvalue weighted by Gasteiger charge is -2.15. The first-order valence-electron chi connectivity index (χ1n) is 6.81. The summed E-state index contributed by atoms with van der Waals surface area (Å²) in [4.78, 5) is 26.0. The smallest absolute Gasteiger partial charge is 0.266 e. The number of rotatable bonds is 1. The second-order valence-corrected chi connectivity index (χ2v) is 4.95. The zero-order chi connectivity index (χ0) is 15.7. The average Bonchev–Trinajstić information content (AvgIpc) is 2.78. The molecule has 2 aromatic carbocycles. The van der Waals surface area contributed by atoms with Crippen molar-refractivity contribution in [2.45, 2.75) is 6.92 Å². The molecule has 1 aliphatic rings. The molecule has 1 heterocycles. The Hall–Kier alpha value is -2.90. The van der Waals surface area contributed by atoms with E-state index >= 15 is 0 Å². The molecule has 108 valence electrons. The number of carbonyl (C=O) groups excluding carboxylic acids is 2. The van der Waals surface area contributed by atoms with Crippen molar-refractivity contribution in [2.24, 2.45) is 0 Å². The van der Waals surface area contributed by atoms with Gasteiger partial charge in [-0.25, -0.2) is 4.90 Å². The van der Waals surface area contributed by atoms with Crippen LogP contribution < -0.4 is 4.90 Å². The van der Waals surface area contributed by atoms with Gasteiger partial charge in [0.1, 0.15) is 6.61 Å². The van der Waals surface area contributed by atoms with E-state index in [2.05, 4.69) is 11.8 Å². The van der Waals surface area contributed by atoms with E-state index in [1.165, 1.54) is 4.90 Å². The van der Waals surface area contributed by atoms with Gasteiger partial charge in [0.2, 0.25) is 0 Å². The van der Waals surface area contributed by atoms with Crippen LogP contribution in [0.15, 0.2) is 42.5 Å². The molecule has 0 aliphatic carbocycles. The zero-order valence-corrected chi connectivity index (χ0v) is 12.0. The molecular formula is C18H13NO3. The fourth-order valence-electron chi connectivity index (χ4n) is 2.49. The normalized spacial score (nSPS) is 12.9. The third-order valence-electron chi connectivity index (χ3n) is 3.56. The highest BCUT2D eigenvalue weighted by atomic mass is 16.2. The number of imide groups is 1. The van der Waals surface area contributed by atoms with Crippen molar-refractivity contribution in [2.75, 3.05) is 11.5 Å². The average molecular weight is 291 g/mol. The van der Waals surface area contributed by atoms with Gasteiger partial charge in [-0.3, -0.25) is 9.59 Å². The first-order valence-corrected chi connectivity index (χ1v) is 6.81. The van der Waals surface area contributed by atoms with Crippen LogP contribution in [-0.4, -0.2) is 23.5 Å². The number of fused-ring (bicyclic) bond motifs is 1. The Kier molecular flexibility index (Phi) is 3.50. The van der Waals surface area contributed by atoms with Crippen LogP contribution in [0.3, 0.4) is 0 Å². The van der Waals surface area contributed by atoms with Crippen LogP contribution in [-0.2, 0) is 0 Å². The molecule has 0 aromatic heterocycles. The van der Waals surface area contributed by atoms with Crippen LogP contribution in [0, 0.1) is 18.8 Å². The van der Waals surface area contributed by atoms with E-state index < -0.39 is 0 Å². The molecule has 22 heavy (non-hydrogen) atoms. The lowest BCUT2D eigenvalue weighted by Crippen LogP contribution is -2.29. The van der Waals surface area contributed by atoms with Gasteiger partial charge >= 0.3 is 0 Å². The first kappa shape index (κ1) is 14.1. The van der Waals surface area contributed by atoms with Crippen molar-refractivity contribution in [1.29, 1.82) is 0 Å². The maximum absolute atomic E-state index is 12.4. The molecule has 1 N–H and O–H groups in total. The van der Waals surface area contributed by atoms with E-state index in [9.17, 15) is 9.59 Å². The first-order chi connectivity index (χ1) is 10.6. The predicted molar refractivity (Wildman–Crippen MR) is 82.7 cm³/mol. The summed E-state index contributed by atoms with van der Waals surface area (Å²) in [5.74, 6) is 4.79. The Balaban J connectivity index is 2.01. The molecule has 0 bridgehead atoms. The van der Waals surface area contributed by atoms with Crippen LogP contribution in [0.2, 0.25) is 0 Å². The van der Waals surface area contributed by atoms with Crippen LogP contribution in [0.4, 0.5) is 5.69 Å². The van der Waals surface area contributed by atoms with Gasteiger partial charge in [-0.05, 0) is 42.8 Å². The summed E-state index contributed by atoms with van der Waals surface area (Å²) in [6, 6.07) is 12.0. The lowest BCUT2D eigenvalue weighted by atomic mass is 10.1. The number of hydrogen-bond donors (Lipinski definition) is 1. The van der Waals surface area contributed by atoms with Gasteiger partial charge in [0.25, 0.3) is 11.8 Å². The third kappa shape index (κ3) is 2.18. The lowest BCUT2D eigenvalue weighted by molar-refractivity contribution is 0.0926. The summed E-state index contributed by atoms with van der Waals surface area (Å²) in [6.45, 7) is 1.64. The Morgan fingerprint density at radius 2 is 1.68 bits per heavy atom. The van der Waals surface area contributed by atoms with Crippen molar-refractivity contribution < 1.29 is 14.7 Å². The van der Waals surface area contributed by atoms with Crippen molar-refractivity contribution in [1.82, 2.24) is 0 Å². The molecule has 3 rings (SSSR count). The molecule has 0 saturated heterocycles. The highest BCUT2D eigenvalue weighted by Crippen LogP contribution is 2.29.